The number of hydrogen-bond acceptors (Lipinski definition) is 2. The normalized spacial score (nSPS) is 29.4. The number of piperazine rings is 1. The molecule has 1 saturated heterocycles. The zero-order chi connectivity index (χ0) is 13.7. The van der Waals surface area contributed by atoms with E-state index in [2.05, 4.69) is 19.2 Å². The molecule has 1 aliphatic carbocycles. The van der Waals surface area contributed by atoms with Gasteiger partial charge in [0, 0.05) is 6.54 Å². The fourth-order valence-electron chi connectivity index (χ4n) is 2.77. The van der Waals surface area contributed by atoms with Crippen molar-refractivity contribution in [2.24, 2.45) is 11.3 Å². The van der Waals surface area contributed by atoms with Crippen LogP contribution in [0.5, 0.6) is 0 Å². The number of nitrogens with zero attached hydrogens (tertiary/aromatic N) is 1. The van der Waals surface area contributed by atoms with Gasteiger partial charge in [0.1, 0.15) is 11.6 Å². The van der Waals surface area contributed by atoms with Crippen molar-refractivity contribution in [1.82, 2.24) is 10.2 Å². The summed E-state index contributed by atoms with van der Waals surface area (Å²) in [6.07, 6.45) is 2.34. The van der Waals surface area contributed by atoms with Crippen LogP contribution in [0.15, 0.2) is 0 Å². The molecule has 1 atom stereocenters. The largest absolute Gasteiger partial charge is 0.340 e. The third-order valence-corrected chi connectivity index (χ3v) is 4.68. The summed E-state index contributed by atoms with van der Waals surface area (Å²) < 4.78 is 0. The van der Waals surface area contributed by atoms with Gasteiger partial charge in [0.15, 0.2) is 0 Å². The molecule has 1 heterocycles. The molecule has 2 rings (SSSR count). The monoisotopic (exact) mass is 252 g/mol. The first-order valence-corrected chi connectivity index (χ1v) is 6.83. The molecule has 102 valence electrons. The molecule has 18 heavy (non-hydrogen) atoms. The quantitative estimate of drug-likeness (QED) is 0.828. The number of nitrogens with one attached hydrogen (secondary N) is 1. The van der Waals surface area contributed by atoms with E-state index < -0.39 is 5.54 Å². The Kier molecular flexibility index (Phi) is 2.95. The van der Waals surface area contributed by atoms with Gasteiger partial charge in [-0.15, -0.1) is 0 Å². The van der Waals surface area contributed by atoms with E-state index >= 15 is 0 Å². The van der Waals surface area contributed by atoms with Gasteiger partial charge in [0.05, 0.1) is 0 Å². The molecule has 1 unspecified atom stereocenters. The molecule has 0 aromatic rings. The summed E-state index contributed by atoms with van der Waals surface area (Å²) in [6.45, 7) is 10.5. The molecular weight excluding hydrogens is 228 g/mol. The van der Waals surface area contributed by atoms with Gasteiger partial charge in [-0.3, -0.25) is 9.59 Å². The van der Waals surface area contributed by atoms with Gasteiger partial charge in [-0.25, -0.2) is 0 Å². The molecular formula is C14H24N2O2. The van der Waals surface area contributed by atoms with Crippen molar-refractivity contribution in [2.75, 3.05) is 6.54 Å². The van der Waals surface area contributed by atoms with E-state index in [4.69, 9.17) is 0 Å². The van der Waals surface area contributed by atoms with Crippen LogP contribution in [0.3, 0.4) is 0 Å². The van der Waals surface area contributed by atoms with E-state index in [9.17, 15) is 9.59 Å². The maximum absolute atomic E-state index is 12.4. The Morgan fingerprint density at radius 3 is 2.33 bits per heavy atom. The van der Waals surface area contributed by atoms with E-state index in [1.165, 1.54) is 12.8 Å². The van der Waals surface area contributed by atoms with Crippen molar-refractivity contribution in [2.45, 2.75) is 59.0 Å². The predicted molar refractivity (Wildman–Crippen MR) is 69.9 cm³/mol. The minimum absolute atomic E-state index is 0.0424. The molecule has 2 fully saturated rings. The van der Waals surface area contributed by atoms with Crippen LogP contribution in [0.2, 0.25) is 0 Å². The van der Waals surface area contributed by atoms with Crippen molar-refractivity contribution in [3.63, 3.8) is 0 Å². The van der Waals surface area contributed by atoms with Crippen LogP contribution in [-0.2, 0) is 9.59 Å². The van der Waals surface area contributed by atoms with Crippen LogP contribution in [0.4, 0.5) is 0 Å². The molecule has 0 spiro atoms. The molecule has 2 amide bonds. The average molecular weight is 252 g/mol. The van der Waals surface area contributed by atoms with Crippen LogP contribution in [0.1, 0.15) is 47.5 Å². The Labute approximate surface area is 109 Å². The van der Waals surface area contributed by atoms with E-state index in [0.717, 1.165) is 6.54 Å². The molecule has 0 aromatic heterocycles. The Morgan fingerprint density at radius 1 is 1.33 bits per heavy atom. The lowest BCUT2D eigenvalue weighted by molar-refractivity contribution is -0.154. The SMILES string of the molecule is CC1C(=O)NC(C)(C)C(=O)N1CC1(C(C)C)CC1. The Hall–Kier alpha value is -1.06. The summed E-state index contributed by atoms with van der Waals surface area (Å²) in [5, 5.41) is 2.79. The van der Waals surface area contributed by atoms with E-state index in [1.54, 1.807) is 18.7 Å². The maximum Gasteiger partial charge on any atom is 0.248 e. The molecule has 4 heteroatoms. The highest BCUT2D eigenvalue weighted by Crippen LogP contribution is 2.52. The van der Waals surface area contributed by atoms with Gasteiger partial charge in [-0.1, -0.05) is 13.8 Å². The molecule has 2 aliphatic rings. The van der Waals surface area contributed by atoms with Crippen molar-refractivity contribution in [1.29, 1.82) is 0 Å². The zero-order valence-electron chi connectivity index (χ0n) is 12.0. The van der Waals surface area contributed by atoms with Crippen molar-refractivity contribution in [3.05, 3.63) is 0 Å². The van der Waals surface area contributed by atoms with Crippen LogP contribution in [-0.4, -0.2) is 34.8 Å². The highest BCUT2D eigenvalue weighted by molar-refractivity contribution is 5.99. The number of carbonyl (C=O) groups excluding carboxylic acids is 2. The lowest BCUT2D eigenvalue weighted by atomic mass is 9.89. The van der Waals surface area contributed by atoms with Crippen molar-refractivity contribution in [3.8, 4) is 0 Å². The zero-order valence-corrected chi connectivity index (χ0v) is 12.0. The lowest BCUT2D eigenvalue weighted by Crippen LogP contribution is -2.68. The minimum Gasteiger partial charge on any atom is -0.340 e. The molecule has 4 nitrogen and oxygen atoms in total. The fourth-order valence-corrected chi connectivity index (χ4v) is 2.77. The van der Waals surface area contributed by atoms with Crippen LogP contribution < -0.4 is 5.32 Å². The Morgan fingerprint density at radius 2 is 1.89 bits per heavy atom. The first-order valence-electron chi connectivity index (χ1n) is 6.83. The van der Waals surface area contributed by atoms with Gasteiger partial charge in [0.2, 0.25) is 11.8 Å². The van der Waals surface area contributed by atoms with Crippen LogP contribution in [0, 0.1) is 11.3 Å². The summed E-state index contributed by atoms with van der Waals surface area (Å²) in [7, 11) is 0. The van der Waals surface area contributed by atoms with Gasteiger partial charge < -0.3 is 10.2 Å². The average Bonchev–Trinajstić information content (AvgIpc) is 3.02. The van der Waals surface area contributed by atoms with E-state index in [-0.39, 0.29) is 23.3 Å². The molecule has 1 aliphatic heterocycles. The van der Waals surface area contributed by atoms with E-state index in [1.807, 2.05) is 6.92 Å². The second-order valence-electron chi connectivity index (χ2n) is 6.74. The molecule has 0 radical (unpaired) electrons. The van der Waals surface area contributed by atoms with Crippen LogP contribution in [0.25, 0.3) is 0 Å². The third-order valence-electron chi connectivity index (χ3n) is 4.68. The summed E-state index contributed by atoms with van der Waals surface area (Å²) in [4.78, 5) is 26.2. The predicted octanol–water partition coefficient (Wildman–Crippen LogP) is 1.55. The highest BCUT2D eigenvalue weighted by atomic mass is 16.2. The van der Waals surface area contributed by atoms with Crippen molar-refractivity contribution < 1.29 is 9.59 Å². The van der Waals surface area contributed by atoms with E-state index in [0.29, 0.717) is 5.92 Å². The first-order chi connectivity index (χ1) is 8.19. The van der Waals surface area contributed by atoms with Gasteiger partial charge in [0.25, 0.3) is 0 Å². The molecule has 0 aromatic carbocycles. The fraction of sp³-hybridized carbons (Fsp3) is 0.857. The lowest BCUT2D eigenvalue weighted by Gasteiger charge is -2.43. The second kappa shape index (κ2) is 3.97. The molecule has 1 N–H and O–H groups in total. The van der Waals surface area contributed by atoms with Crippen LogP contribution >= 0.6 is 0 Å². The maximum atomic E-state index is 12.4. The standard InChI is InChI=1S/C14H24N2O2/c1-9(2)14(6-7-14)8-16-10(3)11(17)15-13(4,5)12(16)18/h9-10H,6-8H2,1-5H3,(H,15,17). The first kappa shape index (κ1) is 13.4. The number of hydrogen-bond donors (Lipinski definition) is 1. The molecule has 0 bridgehead atoms. The second-order valence-corrected chi connectivity index (χ2v) is 6.74. The highest BCUT2D eigenvalue weighted by Gasteiger charge is 2.51. The smallest absolute Gasteiger partial charge is 0.248 e. The Bertz CT molecular complexity index is 383. The van der Waals surface area contributed by atoms with Gasteiger partial charge in [-0.2, -0.15) is 0 Å². The summed E-state index contributed by atoms with van der Waals surface area (Å²) in [5.74, 6) is 0.561. The third kappa shape index (κ3) is 2.02. The number of rotatable bonds is 3. The number of carbonyl (C=O) groups is 2. The topological polar surface area (TPSA) is 49.4 Å². The summed E-state index contributed by atoms with van der Waals surface area (Å²) >= 11 is 0. The van der Waals surface area contributed by atoms with Crippen molar-refractivity contribution >= 4 is 11.8 Å². The summed E-state index contributed by atoms with van der Waals surface area (Å²) in [6, 6.07) is -0.346. The minimum atomic E-state index is -0.767. The van der Waals surface area contributed by atoms with Gasteiger partial charge in [-0.05, 0) is 44.9 Å². The summed E-state index contributed by atoms with van der Waals surface area (Å²) in [5.41, 5.74) is -0.520. The molecule has 1 saturated carbocycles. The van der Waals surface area contributed by atoms with Gasteiger partial charge >= 0.3 is 0 Å². The number of amides is 2. The Balaban J connectivity index is 2.19.